The van der Waals surface area contributed by atoms with Crippen molar-refractivity contribution in [1.29, 1.82) is 0 Å². The number of aryl methyl sites for hydroxylation is 1. The number of aliphatic hydroxyl groups excluding tert-OH is 1. The van der Waals surface area contributed by atoms with Crippen LogP contribution < -0.4 is 9.64 Å². The first-order valence-electron chi connectivity index (χ1n) is 6.71. The van der Waals surface area contributed by atoms with Crippen molar-refractivity contribution in [3.63, 3.8) is 0 Å². The second-order valence-corrected chi connectivity index (χ2v) is 5.08. The Kier molecular flexibility index (Phi) is 4.64. The van der Waals surface area contributed by atoms with E-state index in [0.29, 0.717) is 0 Å². The highest BCUT2D eigenvalue weighted by atomic mass is 16.5. The van der Waals surface area contributed by atoms with Crippen LogP contribution in [0.5, 0.6) is 5.75 Å². The van der Waals surface area contributed by atoms with Crippen LogP contribution in [0.15, 0.2) is 48.5 Å². The Hall–Kier alpha value is -2.00. The van der Waals surface area contributed by atoms with Crippen LogP contribution in [-0.2, 0) is 0 Å². The minimum atomic E-state index is -0.612. The van der Waals surface area contributed by atoms with Crippen LogP contribution in [0.25, 0.3) is 0 Å². The molecule has 0 aromatic heterocycles. The summed E-state index contributed by atoms with van der Waals surface area (Å²) in [7, 11) is 3.97. The molecule has 2 aromatic rings. The molecule has 0 aliphatic carbocycles. The summed E-state index contributed by atoms with van der Waals surface area (Å²) in [5.74, 6) is 0.767. The number of rotatable bonds is 5. The molecule has 0 aliphatic heterocycles. The maximum absolute atomic E-state index is 10.2. The summed E-state index contributed by atoms with van der Waals surface area (Å²) in [5, 5.41) is 10.2. The number of nitrogens with zero attached hydrogens (tertiary/aromatic N) is 1. The Balaban J connectivity index is 2.02. The molecule has 1 N–H and O–H groups in total. The van der Waals surface area contributed by atoms with E-state index in [2.05, 4.69) is 0 Å². The van der Waals surface area contributed by atoms with E-state index in [9.17, 15) is 5.11 Å². The van der Waals surface area contributed by atoms with Gasteiger partial charge >= 0.3 is 0 Å². The highest BCUT2D eigenvalue weighted by molar-refractivity contribution is 5.49. The molecule has 0 heterocycles. The Bertz CT molecular complexity index is 566. The van der Waals surface area contributed by atoms with E-state index in [-0.39, 0.29) is 6.61 Å². The monoisotopic (exact) mass is 271 g/mol. The molecule has 2 rings (SSSR count). The van der Waals surface area contributed by atoms with Gasteiger partial charge in [0.1, 0.15) is 18.5 Å². The lowest BCUT2D eigenvalue weighted by Crippen LogP contribution is -2.12. The molecule has 20 heavy (non-hydrogen) atoms. The second kappa shape index (κ2) is 6.44. The van der Waals surface area contributed by atoms with E-state index >= 15 is 0 Å². The highest BCUT2D eigenvalue weighted by Gasteiger charge is 2.10. The maximum atomic E-state index is 10.2. The first-order valence-corrected chi connectivity index (χ1v) is 6.71. The van der Waals surface area contributed by atoms with E-state index in [0.717, 1.165) is 22.6 Å². The largest absolute Gasteiger partial charge is 0.490 e. The summed E-state index contributed by atoms with van der Waals surface area (Å²) in [6, 6.07) is 15.6. The Labute approximate surface area is 120 Å². The zero-order chi connectivity index (χ0) is 14.5. The van der Waals surface area contributed by atoms with Crippen LogP contribution >= 0.6 is 0 Å². The van der Waals surface area contributed by atoms with Crippen LogP contribution in [0.2, 0.25) is 0 Å². The highest BCUT2D eigenvalue weighted by Crippen LogP contribution is 2.22. The van der Waals surface area contributed by atoms with Gasteiger partial charge in [-0.3, -0.25) is 0 Å². The molecule has 0 aliphatic rings. The van der Waals surface area contributed by atoms with Crippen molar-refractivity contribution in [2.24, 2.45) is 0 Å². The van der Waals surface area contributed by atoms with Crippen molar-refractivity contribution >= 4 is 5.69 Å². The van der Waals surface area contributed by atoms with Crippen LogP contribution in [0.1, 0.15) is 17.2 Å². The smallest absolute Gasteiger partial charge is 0.121 e. The normalized spacial score (nSPS) is 12.0. The lowest BCUT2D eigenvalue weighted by atomic mass is 10.0. The zero-order valence-electron chi connectivity index (χ0n) is 12.2. The van der Waals surface area contributed by atoms with Gasteiger partial charge in [-0.05, 0) is 30.2 Å². The third-order valence-corrected chi connectivity index (χ3v) is 3.29. The fourth-order valence-electron chi connectivity index (χ4n) is 2.08. The average Bonchev–Trinajstić information content (AvgIpc) is 2.45. The number of benzene rings is 2. The molecule has 106 valence electrons. The van der Waals surface area contributed by atoms with Gasteiger partial charge in [0.15, 0.2) is 0 Å². The number of ether oxygens (including phenoxy) is 1. The SMILES string of the molecule is Cc1ccccc1C(O)COc1cccc(N(C)C)c1. The van der Waals surface area contributed by atoms with Gasteiger partial charge in [-0.1, -0.05) is 30.3 Å². The van der Waals surface area contributed by atoms with E-state index in [4.69, 9.17) is 4.74 Å². The number of aliphatic hydroxyl groups is 1. The molecular weight excluding hydrogens is 250 g/mol. The molecule has 0 spiro atoms. The van der Waals surface area contributed by atoms with Crippen LogP contribution in [-0.4, -0.2) is 25.8 Å². The van der Waals surface area contributed by atoms with E-state index in [1.54, 1.807) is 0 Å². The Morgan fingerprint density at radius 2 is 1.85 bits per heavy atom. The minimum Gasteiger partial charge on any atom is -0.490 e. The standard InChI is InChI=1S/C17H21NO2/c1-13-7-4-5-10-16(13)17(19)12-20-15-9-6-8-14(11-15)18(2)3/h4-11,17,19H,12H2,1-3H3. The third kappa shape index (κ3) is 3.52. The topological polar surface area (TPSA) is 32.7 Å². The first kappa shape index (κ1) is 14.4. The number of anilines is 1. The predicted molar refractivity (Wildman–Crippen MR) is 82.4 cm³/mol. The molecule has 0 saturated heterocycles. The van der Waals surface area contributed by atoms with Gasteiger partial charge in [-0.15, -0.1) is 0 Å². The van der Waals surface area contributed by atoms with Crippen molar-refractivity contribution in [3.05, 3.63) is 59.7 Å². The van der Waals surface area contributed by atoms with Gasteiger partial charge in [-0.25, -0.2) is 0 Å². The molecule has 2 aromatic carbocycles. The van der Waals surface area contributed by atoms with Crippen LogP contribution in [0.3, 0.4) is 0 Å². The molecule has 0 radical (unpaired) electrons. The Morgan fingerprint density at radius 3 is 2.55 bits per heavy atom. The third-order valence-electron chi connectivity index (χ3n) is 3.29. The fourth-order valence-corrected chi connectivity index (χ4v) is 2.08. The van der Waals surface area contributed by atoms with Crippen LogP contribution in [0, 0.1) is 6.92 Å². The maximum Gasteiger partial charge on any atom is 0.121 e. The molecule has 3 nitrogen and oxygen atoms in total. The van der Waals surface area contributed by atoms with Crippen molar-refractivity contribution in [1.82, 2.24) is 0 Å². The molecule has 3 heteroatoms. The quantitative estimate of drug-likeness (QED) is 0.906. The lowest BCUT2D eigenvalue weighted by molar-refractivity contribution is 0.107. The van der Waals surface area contributed by atoms with E-state index < -0.39 is 6.10 Å². The minimum absolute atomic E-state index is 0.252. The molecular formula is C17H21NO2. The van der Waals surface area contributed by atoms with E-state index in [1.165, 1.54) is 0 Å². The van der Waals surface area contributed by atoms with Gasteiger partial charge < -0.3 is 14.7 Å². The van der Waals surface area contributed by atoms with Crippen molar-refractivity contribution in [2.75, 3.05) is 25.6 Å². The van der Waals surface area contributed by atoms with Crippen molar-refractivity contribution < 1.29 is 9.84 Å². The summed E-state index contributed by atoms with van der Waals surface area (Å²) in [6.45, 7) is 2.24. The summed E-state index contributed by atoms with van der Waals surface area (Å²) in [4.78, 5) is 2.02. The van der Waals surface area contributed by atoms with Crippen molar-refractivity contribution in [3.8, 4) is 5.75 Å². The van der Waals surface area contributed by atoms with Gasteiger partial charge in [0.2, 0.25) is 0 Å². The molecule has 1 atom stereocenters. The van der Waals surface area contributed by atoms with E-state index in [1.807, 2.05) is 74.4 Å². The van der Waals surface area contributed by atoms with Gasteiger partial charge in [0.25, 0.3) is 0 Å². The van der Waals surface area contributed by atoms with Gasteiger partial charge in [-0.2, -0.15) is 0 Å². The van der Waals surface area contributed by atoms with Crippen molar-refractivity contribution in [2.45, 2.75) is 13.0 Å². The average molecular weight is 271 g/mol. The zero-order valence-corrected chi connectivity index (χ0v) is 12.2. The second-order valence-electron chi connectivity index (χ2n) is 5.08. The molecule has 0 saturated carbocycles. The molecule has 1 unspecified atom stereocenters. The fraction of sp³-hybridized carbons (Fsp3) is 0.294. The predicted octanol–water partition coefficient (Wildman–Crippen LogP) is 3.17. The Morgan fingerprint density at radius 1 is 1.10 bits per heavy atom. The number of hydrogen-bond donors (Lipinski definition) is 1. The van der Waals surface area contributed by atoms with Crippen LogP contribution in [0.4, 0.5) is 5.69 Å². The molecule has 0 amide bonds. The summed E-state index contributed by atoms with van der Waals surface area (Å²) >= 11 is 0. The lowest BCUT2D eigenvalue weighted by Gasteiger charge is -2.17. The summed E-state index contributed by atoms with van der Waals surface area (Å²) in [6.07, 6.45) is -0.612. The molecule has 0 fully saturated rings. The summed E-state index contributed by atoms with van der Waals surface area (Å²) in [5.41, 5.74) is 3.06. The van der Waals surface area contributed by atoms with Gasteiger partial charge in [0, 0.05) is 25.8 Å². The first-order chi connectivity index (χ1) is 9.58. The van der Waals surface area contributed by atoms with Gasteiger partial charge in [0.05, 0.1) is 0 Å². The summed E-state index contributed by atoms with van der Waals surface area (Å²) < 4.78 is 5.69. The molecule has 0 bridgehead atoms. The number of hydrogen-bond acceptors (Lipinski definition) is 3.